The van der Waals surface area contributed by atoms with Crippen LogP contribution >= 0.6 is 0 Å². The highest BCUT2D eigenvalue weighted by atomic mass is 32.2. The number of quaternary nitrogens is 1. The lowest BCUT2D eigenvalue weighted by atomic mass is 10.0. The van der Waals surface area contributed by atoms with E-state index in [0.717, 1.165) is 32.2 Å². The zero-order chi connectivity index (χ0) is 15.5. The molecule has 21 heavy (non-hydrogen) atoms. The van der Waals surface area contributed by atoms with Gasteiger partial charge < -0.3 is 14.7 Å². The number of carbonyl (C=O) groups excluding carboxylic acids is 1. The van der Waals surface area contributed by atoms with Gasteiger partial charge in [-0.25, -0.2) is 0 Å². The summed E-state index contributed by atoms with van der Waals surface area (Å²) in [6.45, 7) is 6.37. The average molecular weight is 318 g/mol. The van der Waals surface area contributed by atoms with Crippen LogP contribution in [-0.2, 0) is 15.9 Å². The van der Waals surface area contributed by atoms with E-state index in [1.807, 2.05) is 0 Å². The molecule has 2 aliphatic rings. The molecule has 124 valence electrons. The van der Waals surface area contributed by atoms with Crippen LogP contribution in [-0.4, -0.2) is 57.9 Å². The first-order valence-electron chi connectivity index (χ1n) is 8.22. The third-order valence-electron chi connectivity index (χ3n) is 4.30. The zero-order valence-electron chi connectivity index (χ0n) is 13.2. The Bertz CT molecular complexity index is 294. The first-order valence-corrected chi connectivity index (χ1v) is 9.46. The number of nitrogens with two attached hydrogens (primary N) is 1. The SMILES string of the molecule is C1CC[NH2+]CC1.CC(C=O)C(CS(=O)[O-])N1CCCCC1. The number of nitrogens with zero attached hydrogens (tertiary/aromatic N) is 1. The normalized spacial score (nSPS) is 24.3. The molecule has 0 saturated carbocycles. The van der Waals surface area contributed by atoms with Gasteiger partial charge in [0.15, 0.2) is 0 Å². The number of likely N-dealkylation sites (tertiary alicyclic amines) is 1. The van der Waals surface area contributed by atoms with E-state index < -0.39 is 11.1 Å². The molecule has 0 aromatic rings. The molecule has 0 spiro atoms. The molecule has 2 rings (SSSR count). The van der Waals surface area contributed by atoms with Crippen LogP contribution in [0.2, 0.25) is 0 Å². The number of aldehydes is 1. The molecule has 3 atom stereocenters. The van der Waals surface area contributed by atoms with Gasteiger partial charge in [-0.2, -0.15) is 0 Å². The molecule has 0 aromatic heterocycles. The number of carbonyl (C=O) groups is 1. The summed E-state index contributed by atoms with van der Waals surface area (Å²) < 4.78 is 21.5. The van der Waals surface area contributed by atoms with Gasteiger partial charge in [-0.15, -0.1) is 0 Å². The molecular weight excluding hydrogens is 288 g/mol. The van der Waals surface area contributed by atoms with Gasteiger partial charge in [0.1, 0.15) is 6.29 Å². The molecule has 2 saturated heterocycles. The summed E-state index contributed by atoms with van der Waals surface area (Å²) in [5, 5.41) is 2.39. The summed E-state index contributed by atoms with van der Waals surface area (Å²) in [7, 11) is 0. The second-order valence-electron chi connectivity index (χ2n) is 6.06. The van der Waals surface area contributed by atoms with Crippen molar-refractivity contribution in [3.63, 3.8) is 0 Å². The fraction of sp³-hybridized carbons (Fsp3) is 0.933. The van der Waals surface area contributed by atoms with Crippen molar-refractivity contribution in [2.75, 3.05) is 31.9 Å². The van der Waals surface area contributed by atoms with Gasteiger partial charge in [0, 0.05) is 17.7 Å². The Morgan fingerprint density at radius 1 is 1.14 bits per heavy atom. The third-order valence-corrected chi connectivity index (χ3v) is 4.92. The molecule has 6 heteroatoms. The Kier molecular flexibility index (Phi) is 10.1. The van der Waals surface area contributed by atoms with Gasteiger partial charge >= 0.3 is 0 Å². The number of hydrogen-bond donors (Lipinski definition) is 1. The van der Waals surface area contributed by atoms with E-state index in [2.05, 4.69) is 10.2 Å². The topological polar surface area (TPSA) is 77.0 Å². The third kappa shape index (κ3) is 8.04. The minimum atomic E-state index is -2.07. The van der Waals surface area contributed by atoms with Crippen molar-refractivity contribution in [1.82, 2.24) is 4.90 Å². The summed E-state index contributed by atoms with van der Waals surface area (Å²) in [6.07, 6.45) is 8.63. The highest BCUT2D eigenvalue weighted by Crippen LogP contribution is 2.17. The van der Waals surface area contributed by atoms with Crippen LogP contribution in [0.5, 0.6) is 0 Å². The maximum atomic E-state index is 10.7. The summed E-state index contributed by atoms with van der Waals surface area (Å²) >= 11 is -2.07. The zero-order valence-corrected chi connectivity index (χ0v) is 14.0. The average Bonchev–Trinajstić information content (AvgIpc) is 2.55. The highest BCUT2D eigenvalue weighted by Gasteiger charge is 2.25. The minimum absolute atomic E-state index is 0.0694. The van der Waals surface area contributed by atoms with Crippen molar-refractivity contribution >= 4 is 17.4 Å². The van der Waals surface area contributed by atoms with Crippen molar-refractivity contribution in [2.45, 2.75) is 51.5 Å². The van der Waals surface area contributed by atoms with E-state index in [-0.39, 0.29) is 17.7 Å². The lowest BCUT2D eigenvalue weighted by Gasteiger charge is -2.36. The number of rotatable bonds is 5. The molecule has 3 unspecified atom stereocenters. The van der Waals surface area contributed by atoms with Crippen LogP contribution in [0.3, 0.4) is 0 Å². The van der Waals surface area contributed by atoms with Crippen molar-refractivity contribution in [3.8, 4) is 0 Å². The summed E-state index contributed by atoms with van der Waals surface area (Å²) in [5.74, 6) is -0.138. The monoisotopic (exact) mass is 318 g/mol. The van der Waals surface area contributed by atoms with Crippen LogP contribution in [0, 0.1) is 5.92 Å². The highest BCUT2D eigenvalue weighted by molar-refractivity contribution is 7.79. The minimum Gasteiger partial charge on any atom is -0.772 e. The molecule has 2 N–H and O–H groups in total. The Morgan fingerprint density at radius 2 is 1.71 bits per heavy atom. The van der Waals surface area contributed by atoms with E-state index >= 15 is 0 Å². The van der Waals surface area contributed by atoms with Gasteiger partial charge in [-0.3, -0.25) is 9.11 Å². The van der Waals surface area contributed by atoms with E-state index in [1.54, 1.807) is 6.92 Å². The van der Waals surface area contributed by atoms with Crippen LogP contribution in [0.4, 0.5) is 0 Å². The summed E-state index contributed by atoms with van der Waals surface area (Å²) in [6, 6.07) is -0.138. The van der Waals surface area contributed by atoms with Gasteiger partial charge in [-0.05, 0) is 45.2 Å². The predicted octanol–water partition coefficient (Wildman–Crippen LogP) is 0.289. The molecule has 2 heterocycles. The van der Waals surface area contributed by atoms with Crippen LogP contribution in [0.15, 0.2) is 0 Å². The summed E-state index contributed by atoms with van der Waals surface area (Å²) in [4.78, 5) is 12.9. The molecule has 0 amide bonds. The van der Waals surface area contributed by atoms with Gasteiger partial charge in [-0.1, -0.05) is 24.4 Å². The van der Waals surface area contributed by atoms with Crippen LogP contribution in [0.25, 0.3) is 0 Å². The number of piperidine rings is 2. The molecule has 2 aliphatic heterocycles. The van der Waals surface area contributed by atoms with Gasteiger partial charge in [0.2, 0.25) is 0 Å². The fourth-order valence-electron chi connectivity index (χ4n) is 2.97. The Balaban J connectivity index is 0.000000304. The van der Waals surface area contributed by atoms with E-state index in [1.165, 1.54) is 38.8 Å². The Hall–Kier alpha value is -0.300. The largest absolute Gasteiger partial charge is 0.772 e. The first kappa shape index (κ1) is 18.7. The maximum absolute atomic E-state index is 10.7. The van der Waals surface area contributed by atoms with Crippen molar-refractivity contribution < 1.29 is 18.9 Å². The van der Waals surface area contributed by atoms with Gasteiger partial charge in [0.05, 0.1) is 13.1 Å². The molecule has 0 aromatic carbocycles. The molecule has 0 radical (unpaired) electrons. The van der Waals surface area contributed by atoms with Crippen molar-refractivity contribution in [1.29, 1.82) is 0 Å². The quantitative estimate of drug-likeness (QED) is 0.584. The molecule has 5 nitrogen and oxygen atoms in total. The second kappa shape index (κ2) is 11.3. The molecule has 0 bridgehead atoms. The first-order chi connectivity index (χ1) is 10.1. The fourth-order valence-corrected chi connectivity index (χ4v) is 3.76. The second-order valence-corrected chi connectivity index (χ2v) is 7.00. The van der Waals surface area contributed by atoms with Gasteiger partial charge in [0.25, 0.3) is 0 Å². The van der Waals surface area contributed by atoms with Crippen molar-refractivity contribution in [2.24, 2.45) is 5.92 Å². The van der Waals surface area contributed by atoms with Crippen molar-refractivity contribution in [3.05, 3.63) is 0 Å². The number of hydrogen-bond acceptors (Lipinski definition) is 4. The molecule has 2 fully saturated rings. The summed E-state index contributed by atoms with van der Waals surface area (Å²) in [5.41, 5.74) is 0. The lowest BCUT2D eigenvalue weighted by molar-refractivity contribution is -0.662. The smallest absolute Gasteiger partial charge is 0.124 e. The van der Waals surface area contributed by atoms with E-state index in [4.69, 9.17) is 0 Å². The van der Waals surface area contributed by atoms with E-state index in [0.29, 0.717) is 0 Å². The maximum Gasteiger partial charge on any atom is 0.124 e. The lowest BCUT2D eigenvalue weighted by Crippen LogP contribution is -2.85. The Morgan fingerprint density at radius 3 is 2.10 bits per heavy atom. The molecular formula is C15H30N2O3S. The predicted molar refractivity (Wildman–Crippen MR) is 83.7 cm³/mol. The van der Waals surface area contributed by atoms with Crippen LogP contribution in [0.1, 0.15) is 45.4 Å². The molecule has 0 aliphatic carbocycles. The van der Waals surface area contributed by atoms with E-state index in [9.17, 15) is 13.6 Å². The Labute approximate surface area is 131 Å². The standard InChI is InChI=1S/C10H19NO3S.C5H11N/c1-9(7-12)10(8-15(13)14)11-5-3-2-4-6-11;1-2-4-6-5-3-1/h7,9-10H,2-6,8H2,1H3,(H,13,14);6H,1-5H2. The van der Waals surface area contributed by atoms with Crippen LogP contribution < -0.4 is 5.32 Å².